The Morgan fingerprint density at radius 1 is 1.53 bits per heavy atom. The molecule has 0 bridgehead atoms. The van der Waals surface area contributed by atoms with Gasteiger partial charge in [0, 0.05) is 32.8 Å². The van der Waals surface area contributed by atoms with E-state index in [1.54, 1.807) is 13.1 Å². The van der Waals surface area contributed by atoms with E-state index in [4.69, 9.17) is 0 Å². The Labute approximate surface area is 102 Å². The summed E-state index contributed by atoms with van der Waals surface area (Å²) in [6, 6.07) is 4.07. The minimum absolute atomic E-state index is 0.0692. The van der Waals surface area contributed by atoms with Crippen LogP contribution >= 0.6 is 0 Å². The van der Waals surface area contributed by atoms with E-state index in [2.05, 4.69) is 21.3 Å². The molecule has 2 rings (SSSR count). The molecule has 1 aromatic rings. The smallest absolute Gasteiger partial charge is 0.216 e. The van der Waals surface area contributed by atoms with Gasteiger partial charge in [0.05, 0.1) is 11.9 Å². The lowest BCUT2D eigenvalue weighted by Gasteiger charge is -2.33. The Morgan fingerprint density at radius 3 is 2.88 bits per heavy atom. The molecule has 1 aliphatic heterocycles. The molecule has 0 aliphatic carbocycles. The van der Waals surface area contributed by atoms with E-state index in [0.717, 1.165) is 32.5 Å². The minimum Gasteiger partial charge on any atom is -0.370 e. The van der Waals surface area contributed by atoms with Crippen LogP contribution < -0.4 is 10.2 Å². The summed E-state index contributed by atoms with van der Waals surface area (Å²) in [6.07, 6.45) is 5.98. The molecular weight excluding hydrogens is 214 g/mol. The summed E-state index contributed by atoms with van der Waals surface area (Å²) in [4.78, 5) is 17.3. The van der Waals surface area contributed by atoms with Crippen LogP contribution in [0.5, 0.6) is 0 Å². The van der Waals surface area contributed by atoms with Gasteiger partial charge >= 0.3 is 0 Å². The van der Waals surface area contributed by atoms with Crippen molar-refractivity contribution < 1.29 is 4.79 Å². The zero-order valence-electron chi connectivity index (χ0n) is 10.2. The Morgan fingerprint density at radius 2 is 2.29 bits per heavy atom. The fourth-order valence-electron chi connectivity index (χ4n) is 2.22. The maximum atomic E-state index is 10.8. The van der Waals surface area contributed by atoms with Crippen LogP contribution in [0.4, 0.5) is 5.69 Å². The fourth-order valence-corrected chi connectivity index (χ4v) is 2.22. The molecule has 4 heteroatoms. The van der Waals surface area contributed by atoms with E-state index in [0.29, 0.717) is 5.92 Å². The lowest BCUT2D eigenvalue weighted by atomic mass is 9.96. The first-order valence-electron chi connectivity index (χ1n) is 6.15. The summed E-state index contributed by atoms with van der Waals surface area (Å²) < 4.78 is 0. The van der Waals surface area contributed by atoms with Gasteiger partial charge in [0.15, 0.2) is 0 Å². The summed E-state index contributed by atoms with van der Waals surface area (Å²) >= 11 is 0. The van der Waals surface area contributed by atoms with Crippen molar-refractivity contribution in [2.75, 3.05) is 24.5 Å². The molecule has 4 nitrogen and oxygen atoms in total. The highest BCUT2D eigenvalue weighted by Crippen LogP contribution is 2.21. The van der Waals surface area contributed by atoms with Crippen molar-refractivity contribution in [1.82, 2.24) is 10.3 Å². The summed E-state index contributed by atoms with van der Waals surface area (Å²) in [5, 5.41) is 2.90. The molecule has 1 fully saturated rings. The first kappa shape index (κ1) is 11.9. The maximum absolute atomic E-state index is 10.8. The van der Waals surface area contributed by atoms with Crippen molar-refractivity contribution in [2.24, 2.45) is 5.92 Å². The van der Waals surface area contributed by atoms with E-state index in [-0.39, 0.29) is 5.91 Å². The average Bonchev–Trinajstić information content (AvgIpc) is 2.38. The summed E-state index contributed by atoms with van der Waals surface area (Å²) in [5.41, 5.74) is 1.20. The van der Waals surface area contributed by atoms with Crippen LogP contribution in [-0.2, 0) is 4.79 Å². The Hall–Kier alpha value is -1.58. The molecular formula is C13H19N3O. The van der Waals surface area contributed by atoms with Gasteiger partial charge < -0.3 is 10.2 Å². The lowest BCUT2D eigenvalue weighted by molar-refractivity contribution is -0.119. The van der Waals surface area contributed by atoms with Gasteiger partial charge in [0.1, 0.15) is 0 Å². The van der Waals surface area contributed by atoms with Crippen molar-refractivity contribution >= 4 is 11.6 Å². The molecule has 17 heavy (non-hydrogen) atoms. The normalized spacial score (nSPS) is 16.9. The van der Waals surface area contributed by atoms with Crippen LogP contribution in [-0.4, -0.2) is 30.5 Å². The third kappa shape index (κ3) is 3.44. The molecule has 0 atom stereocenters. The van der Waals surface area contributed by atoms with Crippen molar-refractivity contribution in [1.29, 1.82) is 0 Å². The van der Waals surface area contributed by atoms with E-state index >= 15 is 0 Å². The van der Waals surface area contributed by atoms with Gasteiger partial charge in [0.25, 0.3) is 0 Å². The SMILES string of the molecule is CC(=O)NCC1CCN(c2cccnc2)CC1. The second kappa shape index (κ2) is 5.66. The van der Waals surface area contributed by atoms with Crippen LogP contribution in [0.2, 0.25) is 0 Å². The molecule has 1 N–H and O–H groups in total. The van der Waals surface area contributed by atoms with Crippen LogP contribution in [0, 0.1) is 5.92 Å². The molecule has 1 aliphatic rings. The van der Waals surface area contributed by atoms with Gasteiger partial charge in [-0.2, -0.15) is 0 Å². The van der Waals surface area contributed by atoms with Gasteiger partial charge in [-0.3, -0.25) is 9.78 Å². The molecule has 0 saturated carbocycles. The molecule has 1 amide bonds. The molecule has 2 heterocycles. The summed E-state index contributed by atoms with van der Waals surface area (Å²) in [5.74, 6) is 0.687. The van der Waals surface area contributed by atoms with Gasteiger partial charge in [0.2, 0.25) is 5.91 Å². The molecule has 0 unspecified atom stereocenters. The van der Waals surface area contributed by atoms with Gasteiger partial charge in [-0.25, -0.2) is 0 Å². The molecule has 0 spiro atoms. The van der Waals surface area contributed by atoms with Gasteiger partial charge in [-0.05, 0) is 30.9 Å². The van der Waals surface area contributed by atoms with E-state index < -0.39 is 0 Å². The van der Waals surface area contributed by atoms with Crippen LogP contribution in [0.15, 0.2) is 24.5 Å². The molecule has 0 radical (unpaired) electrons. The van der Waals surface area contributed by atoms with E-state index in [1.165, 1.54) is 5.69 Å². The molecule has 0 aromatic carbocycles. The number of hydrogen-bond acceptors (Lipinski definition) is 3. The number of anilines is 1. The standard InChI is InChI=1S/C13H19N3O/c1-11(17)15-9-12-4-7-16(8-5-12)13-3-2-6-14-10-13/h2-3,6,10,12H,4-5,7-9H2,1H3,(H,15,17). The maximum Gasteiger partial charge on any atom is 0.216 e. The summed E-state index contributed by atoms with van der Waals surface area (Å²) in [6.45, 7) is 4.49. The first-order valence-corrected chi connectivity index (χ1v) is 6.15. The van der Waals surface area contributed by atoms with E-state index in [1.807, 2.05) is 12.3 Å². The zero-order chi connectivity index (χ0) is 12.1. The number of amides is 1. The van der Waals surface area contributed by atoms with Crippen LogP contribution in [0.3, 0.4) is 0 Å². The third-order valence-corrected chi connectivity index (χ3v) is 3.27. The van der Waals surface area contributed by atoms with Gasteiger partial charge in [-0.15, -0.1) is 0 Å². The van der Waals surface area contributed by atoms with Gasteiger partial charge in [-0.1, -0.05) is 0 Å². The van der Waals surface area contributed by atoms with Crippen LogP contribution in [0.25, 0.3) is 0 Å². The number of piperidine rings is 1. The Balaban J connectivity index is 1.80. The first-order chi connectivity index (χ1) is 8.25. The second-order valence-electron chi connectivity index (χ2n) is 4.58. The lowest BCUT2D eigenvalue weighted by Crippen LogP contribution is -2.38. The highest BCUT2D eigenvalue weighted by molar-refractivity contribution is 5.72. The number of carbonyl (C=O) groups excluding carboxylic acids is 1. The summed E-state index contributed by atoms with van der Waals surface area (Å²) in [7, 11) is 0. The number of hydrogen-bond donors (Lipinski definition) is 1. The van der Waals surface area contributed by atoms with Crippen molar-refractivity contribution in [3.8, 4) is 0 Å². The number of aromatic nitrogens is 1. The minimum atomic E-state index is 0.0692. The van der Waals surface area contributed by atoms with Crippen molar-refractivity contribution in [2.45, 2.75) is 19.8 Å². The van der Waals surface area contributed by atoms with Crippen molar-refractivity contribution in [3.63, 3.8) is 0 Å². The number of nitrogens with zero attached hydrogens (tertiary/aromatic N) is 2. The Kier molecular flexibility index (Phi) is 3.96. The topological polar surface area (TPSA) is 45.2 Å². The van der Waals surface area contributed by atoms with E-state index in [9.17, 15) is 4.79 Å². The fraction of sp³-hybridized carbons (Fsp3) is 0.538. The number of pyridine rings is 1. The average molecular weight is 233 g/mol. The Bertz CT molecular complexity index is 358. The zero-order valence-corrected chi connectivity index (χ0v) is 10.2. The largest absolute Gasteiger partial charge is 0.370 e. The molecule has 1 aromatic heterocycles. The predicted molar refractivity (Wildman–Crippen MR) is 67.9 cm³/mol. The highest BCUT2D eigenvalue weighted by Gasteiger charge is 2.19. The number of carbonyl (C=O) groups is 1. The molecule has 1 saturated heterocycles. The third-order valence-electron chi connectivity index (χ3n) is 3.27. The predicted octanol–water partition coefficient (Wildman–Crippen LogP) is 1.43. The number of nitrogens with one attached hydrogen (secondary N) is 1. The quantitative estimate of drug-likeness (QED) is 0.859. The second-order valence-corrected chi connectivity index (χ2v) is 4.58. The van der Waals surface area contributed by atoms with Crippen LogP contribution in [0.1, 0.15) is 19.8 Å². The van der Waals surface area contributed by atoms with Crippen molar-refractivity contribution in [3.05, 3.63) is 24.5 Å². The molecule has 92 valence electrons. The number of rotatable bonds is 3. The monoisotopic (exact) mass is 233 g/mol. The highest BCUT2D eigenvalue weighted by atomic mass is 16.1.